The number of likely N-dealkylation sites (tertiary alicyclic amines) is 1. The van der Waals surface area contributed by atoms with Crippen molar-refractivity contribution in [1.82, 2.24) is 24.6 Å². The van der Waals surface area contributed by atoms with Crippen LogP contribution in [0.5, 0.6) is 0 Å². The zero-order valence-electron chi connectivity index (χ0n) is 13.5. The standard InChI is InChI=1S/C16H23N5O/c1-12-14-9-13(10-17-16(14)20(3)18-12)11-19(2)7-8-21-6-4-5-15(21)22/h9-10H,4-8,11H2,1-3H3. The third-order valence-corrected chi connectivity index (χ3v) is 4.30. The fourth-order valence-corrected chi connectivity index (χ4v) is 3.06. The minimum atomic E-state index is 0.294. The first-order valence-electron chi connectivity index (χ1n) is 7.79. The van der Waals surface area contributed by atoms with Gasteiger partial charge in [-0.3, -0.25) is 9.48 Å². The van der Waals surface area contributed by atoms with E-state index in [0.29, 0.717) is 12.3 Å². The van der Waals surface area contributed by atoms with Gasteiger partial charge in [0.15, 0.2) is 5.65 Å². The number of aryl methyl sites for hydroxylation is 2. The molecule has 1 aliphatic heterocycles. The summed E-state index contributed by atoms with van der Waals surface area (Å²) in [6, 6.07) is 2.17. The molecule has 2 aromatic rings. The van der Waals surface area contributed by atoms with Crippen molar-refractivity contribution in [1.29, 1.82) is 0 Å². The molecule has 0 bridgehead atoms. The Balaban J connectivity index is 1.62. The monoisotopic (exact) mass is 301 g/mol. The zero-order chi connectivity index (χ0) is 15.7. The summed E-state index contributed by atoms with van der Waals surface area (Å²) in [5.74, 6) is 0.294. The molecule has 22 heavy (non-hydrogen) atoms. The largest absolute Gasteiger partial charge is 0.341 e. The molecule has 0 aliphatic carbocycles. The van der Waals surface area contributed by atoms with Crippen LogP contribution >= 0.6 is 0 Å². The topological polar surface area (TPSA) is 54.3 Å². The summed E-state index contributed by atoms with van der Waals surface area (Å²) in [5, 5.41) is 5.52. The second kappa shape index (κ2) is 6.04. The van der Waals surface area contributed by atoms with Crippen LogP contribution in [0.2, 0.25) is 0 Å². The maximum absolute atomic E-state index is 11.6. The predicted molar refractivity (Wildman–Crippen MR) is 85.4 cm³/mol. The smallest absolute Gasteiger partial charge is 0.222 e. The van der Waals surface area contributed by atoms with E-state index in [1.54, 1.807) is 0 Å². The van der Waals surface area contributed by atoms with E-state index in [0.717, 1.165) is 49.3 Å². The SMILES string of the molecule is Cc1nn(C)c2ncc(CN(C)CCN3CCCC3=O)cc12. The lowest BCUT2D eigenvalue weighted by atomic mass is 10.2. The lowest BCUT2D eigenvalue weighted by molar-refractivity contribution is -0.127. The van der Waals surface area contributed by atoms with Crippen LogP contribution in [0.3, 0.4) is 0 Å². The Labute approximate surface area is 130 Å². The number of fused-ring (bicyclic) bond motifs is 1. The van der Waals surface area contributed by atoms with E-state index in [4.69, 9.17) is 0 Å². The van der Waals surface area contributed by atoms with Gasteiger partial charge in [-0.2, -0.15) is 5.10 Å². The Hall–Kier alpha value is -1.95. The maximum atomic E-state index is 11.6. The normalized spacial score (nSPS) is 15.5. The molecule has 0 N–H and O–H groups in total. The van der Waals surface area contributed by atoms with Gasteiger partial charge in [-0.1, -0.05) is 0 Å². The average molecular weight is 301 g/mol. The molecule has 1 aliphatic rings. The van der Waals surface area contributed by atoms with E-state index < -0.39 is 0 Å². The maximum Gasteiger partial charge on any atom is 0.222 e. The zero-order valence-corrected chi connectivity index (χ0v) is 13.5. The van der Waals surface area contributed by atoms with Gasteiger partial charge in [-0.15, -0.1) is 0 Å². The molecule has 0 atom stereocenters. The highest BCUT2D eigenvalue weighted by Gasteiger charge is 2.19. The van der Waals surface area contributed by atoms with Gasteiger partial charge in [-0.05, 0) is 32.0 Å². The molecular formula is C16H23N5O. The molecule has 2 aromatic heterocycles. The van der Waals surface area contributed by atoms with Gasteiger partial charge < -0.3 is 9.80 Å². The van der Waals surface area contributed by atoms with Crippen LogP contribution in [-0.2, 0) is 18.4 Å². The summed E-state index contributed by atoms with van der Waals surface area (Å²) in [5.41, 5.74) is 3.11. The fourth-order valence-electron chi connectivity index (χ4n) is 3.06. The number of likely N-dealkylation sites (N-methyl/N-ethyl adjacent to an activating group) is 1. The van der Waals surface area contributed by atoms with Gasteiger partial charge in [-0.25, -0.2) is 4.98 Å². The molecule has 3 rings (SSSR count). The number of hydrogen-bond donors (Lipinski definition) is 0. The van der Waals surface area contributed by atoms with Gasteiger partial charge in [0.05, 0.1) is 5.69 Å². The van der Waals surface area contributed by atoms with Crippen LogP contribution in [0.15, 0.2) is 12.3 Å². The molecule has 0 unspecified atom stereocenters. The summed E-state index contributed by atoms with van der Waals surface area (Å²) in [6.07, 6.45) is 3.63. The quantitative estimate of drug-likeness (QED) is 0.836. The van der Waals surface area contributed by atoms with E-state index in [2.05, 4.69) is 28.1 Å². The molecule has 6 heteroatoms. The van der Waals surface area contributed by atoms with Crippen molar-refractivity contribution in [2.24, 2.45) is 7.05 Å². The lowest BCUT2D eigenvalue weighted by Crippen LogP contribution is -2.33. The average Bonchev–Trinajstić information content (AvgIpc) is 3.01. The second-order valence-electron chi connectivity index (χ2n) is 6.15. The second-order valence-corrected chi connectivity index (χ2v) is 6.15. The molecule has 6 nitrogen and oxygen atoms in total. The van der Waals surface area contributed by atoms with Gasteiger partial charge in [0.1, 0.15) is 0 Å². The van der Waals surface area contributed by atoms with Crippen molar-refractivity contribution in [2.45, 2.75) is 26.3 Å². The minimum Gasteiger partial charge on any atom is -0.341 e. The molecule has 118 valence electrons. The number of pyridine rings is 1. The molecule has 1 fully saturated rings. The van der Waals surface area contributed by atoms with E-state index >= 15 is 0 Å². The van der Waals surface area contributed by atoms with Crippen molar-refractivity contribution in [3.05, 3.63) is 23.5 Å². The summed E-state index contributed by atoms with van der Waals surface area (Å²) in [6.45, 7) is 5.46. The molecule has 0 aromatic carbocycles. The molecule has 0 spiro atoms. The first-order chi connectivity index (χ1) is 10.5. The number of aromatic nitrogens is 3. The highest BCUT2D eigenvalue weighted by Crippen LogP contribution is 2.17. The Bertz CT molecular complexity index is 693. The highest BCUT2D eigenvalue weighted by molar-refractivity contribution is 5.78. The Morgan fingerprint density at radius 1 is 1.41 bits per heavy atom. The van der Waals surface area contributed by atoms with Crippen LogP contribution in [0.4, 0.5) is 0 Å². The molecule has 0 radical (unpaired) electrons. The van der Waals surface area contributed by atoms with Gasteiger partial charge in [0.2, 0.25) is 5.91 Å². The van der Waals surface area contributed by atoms with E-state index in [1.807, 2.05) is 29.7 Å². The molecule has 3 heterocycles. The minimum absolute atomic E-state index is 0.294. The summed E-state index contributed by atoms with van der Waals surface area (Å²) >= 11 is 0. The molecule has 0 saturated carbocycles. The molecule has 1 saturated heterocycles. The van der Waals surface area contributed by atoms with Gasteiger partial charge in [0, 0.05) is 51.2 Å². The number of carbonyl (C=O) groups is 1. The summed E-state index contributed by atoms with van der Waals surface area (Å²) in [4.78, 5) is 20.3. The molecule has 1 amide bonds. The van der Waals surface area contributed by atoms with Crippen LogP contribution in [0.25, 0.3) is 11.0 Å². The lowest BCUT2D eigenvalue weighted by Gasteiger charge is -2.21. The Morgan fingerprint density at radius 3 is 2.95 bits per heavy atom. The van der Waals surface area contributed by atoms with E-state index in [1.165, 1.54) is 5.56 Å². The highest BCUT2D eigenvalue weighted by atomic mass is 16.2. The third kappa shape index (κ3) is 2.97. The number of amides is 1. The van der Waals surface area contributed by atoms with Crippen molar-refractivity contribution < 1.29 is 4.79 Å². The van der Waals surface area contributed by atoms with Crippen LogP contribution in [0, 0.1) is 6.92 Å². The van der Waals surface area contributed by atoms with Crippen molar-refractivity contribution >= 4 is 16.9 Å². The van der Waals surface area contributed by atoms with Gasteiger partial charge >= 0.3 is 0 Å². The van der Waals surface area contributed by atoms with Crippen LogP contribution in [-0.4, -0.2) is 57.2 Å². The molecular weight excluding hydrogens is 278 g/mol. The Kier molecular flexibility index (Phi) is 4.11. The summed E-state index contributed by atoms with van der Waals surface area (Å²) < 4.78 is 1.82. The predicted octanol–water partition coefficient (Wildman–Crippen LogP) is 1.33. The number of carbonyl (C=O) groups excluding carboxylic acids is 1. The van der Waals surface area contributed by atoms with E-state index in [9.17, 15) is 4.79 Å². The third-order valence-electron chi connectivity index (χ3n) is 4.30. The van der Waals surface area contributed by atoms with Crippen molar-refractivity contribution in [2.75, 3.05) is 26.7 Å². The first kappa shape index (κ1) is 15.0. The van der Waals surface area contributed by atoms with Crippen molar-refractivity contribution in [3.8, 4) is 0 Å². The number of nitrogens with zero attached hydrogens (tertiary/aromatic N) is 5. The Morgan fingerprint density at radius 2 is 2.23 bits per heavy atom. The first-order valence-corrected chi connectivity index (χ1v) is 7.79. The van der Waals surface area contributed by atoms with E-state index in [-0.39, 0.29) is 0 Å². The van der Waals surface area contributed by atoms with Crippen LogP contribution < -0.4 is 0 Å². The number of hydrogen-bond acceptors (Lipinski definition) is 4. The number of rotatable bonds is 5. The summed E-state index contributed by atoms with van der Waals surface area (Å²) in [7, 11) is 4.00. The van der Waals surface area contributed by atoms with Crippen LogP contribution in [0.1, 0.15) is 24.1 Å². The van der Waals surface area contributed by atoms with Crippen molar-refractivity contribution in [3.63, 3.8) is 0 Å². The van der Waals surface area contributed by atoms with Gasteiger partial charge in [0.25, 0.3) is 0 Å². The fraction of sp³-hybridized carbons (Fsp3) is 0.562.